The smallest absolute Gasteiger partial charge is 0.0345 e. The minimum atomic E-state index is 0.637. The predicted octanol–water partition coefficient (Wildman–Crippen LogP) is 3.76. The van der Waals surface area contributed by atoms with Crippen LogP contribution in [0.3, 0.4) is 0 Å². The third-order valence-electron chi connectivity index (χ3n) is 2.96. The van der Waals surface area contributed by atoms with Gasteiger partial charge in [-0.1, -0.05) is 19.4 Å². The van der Waals surface area contributed by atoms with Gasteiger partial charge in [-0.2, -0.15) is 11.8 Å². The zero-order valence-corrected chi connectivity index (χ0v) is 11.4. The summed E-state index contributed by atoms with van der Waals surface area (Å²) in [6, 6.07) is 0.637. The fourth-order valence-electron chi connectivity index (χ4n) is 1.69. The molecule has 0 fully saturated rings. The van der Waals surface area contributed by atoms with E-state index in [-0.39, 0.29) is 0 Å². The predicted molar refractivity (Wildman–Crippen MR) is 68.9 cm³/mol. The van der Waals surface area contributed by atoms with Gasteiger partial charge in [-0.3, -0.25) is 0 Å². The summed E-state index contributed by atoms with van der Waals surface area (Å²) >= 11 is 1.92. The van der Waals surface area contributed by atoms with Crippen molar-refractivity contribution in [3.05, 3.63) is 11.3 Å². The van der Waals surface area contributed by atoms with E-state index in [9.17, 15) is 0 Å². The maximum Gasteiger partial charge on any atom is 0.0345 e. The minimum absolute atomic E-state index is 0.637. The van der Waals surface area contributed by atoms with Gasteiger partial charge >= 0.3 is 0 Å². The standard InChI is InChI=1S/C12H25NS/c1-7-12(8-2)11(4)13(5)10(3)9-14-6/h10H,7-9H2,1-6H3. The Morgan fingerprint density at radius 1 is 1.29 bits per heavy atom. The second kappa shape index (κ2) is 7.22. The molecule has 0 heterocycles. The summed E-state index contributed by atoms with van der Waals surface area (Å²) < 4.78 is 0. The van der Waals surface area contributed by atoms with Gasteiger partial charge in [-0.25, -0.2) is 0 Å². The van der Waals surface area contributed by atoms with Crippen molar-refractivity contribution in [2.45, 2.75) is 46.6 Å². The molecule has 1 atom stereocenters. The van der Waals surface area contributed by atoms with E-state index in [2.05, 4.69) is 45.9 Å². The van der Waals surface area contributed by atoms with Crippen LogP contribution in [0.5, 0.6) is 0 Å². The molecule has 0 aromatic heterocycles. The van der Waals surface area contributed by atoms with Crippen molar-refractivity contribution >= 4 is 11.8 Å². The van der Waals surface area contributed by atoms with Gasteiger partial charge in [0.1, 0.15) is 0 Å². The second-order valence-electron chi connectivity index (χ2n) is 3.81. The van der Waals surface area contributed by atoms with E-state index >= 15 is 0 Å². The molecule has 0 radical (unpaired) electrons. The summed E-state index contributed by atoms with van der Waals surface area (Å²) in [5, 5.41) is 0. The third kappa shape index (κ3) is 3.95. The Morgan fingerprint density at radius 3 is 2.14 bits per heavy atom. The highest BCUT2D eigenvalue weighted by molar-refractivity contribution is 7.98. The third-order valence-corrected chi connectivity index (χ3v) is 3.78. The molecule has 0 aliphatic carbocycles. The van der Waals surface area contributed by atoms with Crippen LogP contribution < -0.4 is 0 Å². The zero-order chi connectivity index (χ0) is 11.1. The molecule has 0 N–H and O–H groups in total. The lowest BCUT2D eigenvalue weighted by molar-refractivity contribution is 0.344. The molecule has 2 heteroatoms. The van der Waals surface area contributed by atoms with Crippen LogP contribution in [0.1, 0.15) is 40.5 Å². The summed E-state index contributed by atoms with van der Waals surface area (Å²) in [5.74, 6) is 1.20. The van der Waals surface area contributed by atoms with E-state index < -0.39 is 0 Å². The summed E-state index contributed by atoms with van der Waals surface area (Å²) in [5.41, 5.74) is 3.05. The Labute approximate surface area is 93.9 Å². The molecule has 0 amide bonds. The first-order valence-corrected chi connectivity index (χ1v) is 6.88. The van der Waals surface area contributed by atoms with Crippen molar-refractivity contribution in [2.75, 3.05) is 19.1 Å². The minimum Gasteiger partial charge on any atom is -0.375 e. The van der Waals surface area contributed by atoms with E-state index in [1.54, 1.807) is 5.57 Å². The highest BCUT2D eigenvalue weighted by Gasteiger charge is 2.10. The molecular weight excluding hydrogens is 190 g/mol. The molecule has 84 valence electrons. The summed E-state index contributed by atoms with van der Waals surface area (Å²) in [4.78, 5) is 2.42. The first kappa shape index (κ1) is 13.9. The Kier molecular flexibility index (Phi) is 7.16. The van der Waals surface area contributed by atoms with Gasteiger partial charge < -0.3 is 4.90 Å². The van der Waals surface area contributed by atoms with Crippen LogP contribution in [-0.4, -0.2) is 30.0 Å². The van der Waals surface area contributed by atoms with Crippen molar-refractivity contribution < 1.29 is 0 Å². The SMILES string of the molecule is CCC(CC)=C(C)N(C)C(C)CSC. The van der Waals surface area contributed by atoms with Crippen LogP contribution in [0.15, 0.2) is 11.3 Å². The van der Waals surface area contributed by atoms with E-state index in [0.717, 1.165) is 0 Å². The number of allylic oxidation sites excluding steroid dienone is 2. The normalized spacial score (nSPS) is 12.4. The van der Waals surface area contributed by atoms with Crippen LogP contribution in [0.4, 0.5) is 0 Å². The molecular formula is C12H25NS. The fourth-order valence-corrected chi connectivity index (χ4v) is 2.40. The molecule has 14 heavy (non-hydrogen) atoms. The zero-order valence-electron chi connectivity index (χ0n) is 10.6. The maximum absolute atomic E-state index is 2.42. The summed E-state index contributed by atoms with van der Waals surface area (Å²) in [6.45, 7) is 9.03. The molecule has 0 spiro atoms. The molecule has 0 rings (SSSR count). The lowest BCUT2D eigenvalue weighted by atomic mass is 10.1. The molecule has 1 nitrogen and oxygen atoms in total. The average molecular weight is 215 g/mol. The van der Waals surface area contributed by atoms with E-state index in [4.69, 9.17) is 0 Å². The Bertz CT molecular complexity index is 181. The quantitative estimate of drug-likeness (QED) is 0.663. The molecule has 0 saturated heterocycles. The lowest BCUT2D eigenvalue weighted by Gasteiger charge is -2.29. The lowest BCUT2D eigenvalue weighted by Crippen LogP contribution is -2.30. The van der Waals surface area contributed by atoms with Gasteiger partial charge in [0.15, 0.2) is 0 Å². The fraction of sp³-hybridized carbons (Fsp3) is 0.833. The highest BCUT2D eigenvalue weighted by atomic mass is 32.2. The summed E-state index contributed by atoms with van der Waals surface area (Å²) in [6.07, 6.45) is 4.53. The van der Waals surface area contributed by atoms with Gasteiger partial charge in [0.05, 0.1) is 0 Å². The average Bonchev–Trinajstić information content (AvgIpc) is 2.18. The van der Waals surface area contributed by atoms with Crippen LogP contribution >= 0.6 is 11.8 Å². The van der Waals surface area contributed by atoms with Crippen LogP contribution in [-0.2, 0) is 0 Å². The van der Waals surface area contributed by atoms with Gasteiger partial charge in [-0.05, 0) is 32.9 Å². The Balaban J connectivity index is 4.48. The molecule has 0 aliphatic heterocycles. The molecule has 1 unspecified atom stereocenters. The Hall–Kier alpha value is -0.110. The van der Waals surface area contributed by atoms with Gasteiger partial charge in [0, 0.05) is 24.5 Å². The topological polar surface area (TPSA) is 3.24 Å². The highest BCUT2D eigenvalue weighted by Crippen LogP contribution is 2.18. The summed E-state index contributed by atoms with van der Waals surface area (Å²) in [7, 11) is 2.21. The van der Waals surface area contributed by atoms with Crippen LogP contribution in [0, 0.1) is 0 Å². The molecule has 0 aromatic carbocycles. The van der Waals surface area contributed by atoms with Gasteiger partial charge in [0.25, 0.3) is 0 Å². The van der Waals surface area contributed by atoms with Crippen LogP contribution in [0.2, 0.25) is 0 Å². The number of thioether (sulfide) groups is 1. The van der Waals surface area contributed by atoms with Crippen molar-refractivity contribution in [1.82, 2.24) is 4.90 Å². The van der Waals surface area contributed by atoms with Crippen molar-refractivity contribution in [2.24, 2.45) is 0 Å². The van der Waals surface area contributed by atoms with Crippen molar-refractivity contribution in [3.8, 4) is 0 Å². The van der Waals surface area contributed by atoms with Crippen molar-refractivity contribution in [3.63, 3.8) is 0 Å². The molecule has 0 aliphatic rings. The largest absolute Gasteiger partial charge is 0.375 e. The van der Waals surface area contributed by atoms with E-state index in [1.807, 2.05) is 11.8 Å². The molecule has 0 bridgehead atoms. The molecule has 0 aromatic rings. The van der Waals surface area contributed by atoms with Gasteiger partial charge in [0.2, 0.25) is 0 Å². The second-order valence-corrected chi connectivity index (χ2v) is 4.72. The molecule has 0 saturated carbocycles. The van der Waals surface area contributed by atoms with E-state index in [0.29, 0.717) is 6.04 Å². The maximum atomic E-state index is 2.42. The van der Waals surface area contributed by atoms with Crippen LogP contribution in [0.25, 0.3) is 0 Å². The first-order valence-electron chi connectivity index (χ1n) is 5.48. The Morgan fingerprint density at radius 2 is 1.79 bits per heavy atom. The van der Waals surface area contributed by atoms with Crippen molar-refractivity contribution in [1.29, 1.82) is 0 Å². The number of rotatable bonds is 6. The number of hydrogen-bond acceptors (Lipinski definition) is 2. The van der Waals surface area contributed by atoms with Gasteiger partial charge in [-0.15, -0.1) is 0 Å². The van der Waals surface area contributed by atoms with E-state index in [1.165, 1.54) is 24.3 Å². The number of nitrogens with zero attached hydrogens (tertiary/aromatic N) is 1. The monoisotopic (exact) mass is 215 g/mol. The number of hydrogen-bond donors (Lipinski definition) is 0. The first-order chi connectivity index (χ1) is 6.58.